The first kappa shape index (κ1) is 14.9. The lowest BCUT2D eigenvalue weighted by atomic mass is 9.79. The Morgan fingerprint density at radius 1 is 1.30 bits per heavy atom. The number of phenols is 1. The molecular formula is C16H24N2O2. The molecule has 0 saturated heterocycles. The molecule has 4 heteroatoms. The summed E-state index contributed by atoms with van der Waals surface area (Å²) in [6.45, 7) is 2.18. The van der Waals surface area contributed by atoms with Crippen LogP contribution in [-0.4, -0.2) is 17.6 Å². The molecule has 4 nitrogen and oxygen atoms in total. The van der Waals surface area contributed by atoms with Crippen molar-refractivity contribution in [2.75, 3.05) is 11.9 Å². The number of aryl methyl sites for hydroxylation is 1. The van der Waals surface area contributed by atoms with Gasteiger partial charge in [0.15, 0.2) is 0 Å². The Hall–Kier alpha value is -1.55. The van der Waals surface area contributed by atoms with Crippen LogP contribution >= 0.6 is 0 Å². The Balaban J connectivity index is 2.18. The Kier molecular flexibility index (Phi) is 4.65. The summed E-state index contributed by atoms with van der Waals surface area (Å²) >= 11 is 0. The van der Waals surface area contributed by atoms with Gasteiger partial charge in [0.25, 0.3) is 0 Å². The summed E-state index contributed by atoms with van der Waals surface area (Å²) in [5.74, 6) is 0.0874. The Bertz CT molecular complexity index is 477. The van der Waals surface area contributed by atoms with Crippen molar-refractivity contribution in [2.45, 2.75) is 45.4 Å². The number of amides is 1. The van der Waals surface area contributed by atoms with Crippen molar-refractivity contribution in [1.29, 1.82) is 0 Å². The van der Waals surface area contributed by atoms with Crippen LogP contribution in [0.3, 0.4) is 0 Å². The quantitative estimate of drug-likeness (QED) is 0.587. The van der Waals surface area contributed by atoms with Gasteiger partial charge < -0.3 is 16.2 Å². The van der Waals surface area contributed by atoms with Crippen LogP contribution in [0.15, 0.2) is 18.2 Å². The van der Waals surface area contributed by atoms with Crippen LogP contribution in [-0.2, 0) is 4.79 Å². The van der Waals surface area contributed by atoms with Gasteiger partial charge in [0.05, 0.1) is 11.1 Å². The zero-order valence-electron chi connectivity index (χ0n) is 12.1. The van der Waals surface area contributed by atoms with Crippen molar-refractivity contribution in [3.63, 3.8) is 0 Å². The van der Waals surface area contributed by atoms with Gasteiger partial charge in [-0.1, -0.05) is 37.8 Å². The van der Waals surface area contributed by atoms with Crippen molar-refractivity contribution < 1.29 is 9.90 Å². The van der Waals surface area contributed by atoms with Crippen molar-refractivity contribution in [2.24, 2.45) is 11.1 Å². The van der Waals surface area contributed by atoms with E-state index in [2.05, 4.69) is 5.32 Å². The summed E-state index contributed by atoms with van der Waals surface area (Å²) in [7, 11) is 0. The second-order valence-electron chi connectivity index (χ2n) is 5.82. The molecule has 0 heterocycles. The zero-order chi connectivity index (χ0) is 14.6. The van der Waals surface area contributed by atoms with Gasteiger partial charge in [0.2, 0.25) is 5.91 Å². The number of hydrogen-bond acceptors (Lipinski definition) is 3. The fourth-order valence-corrected chi connectivity index (χ4v) is 2.94. The Morgan fingerprint density at radius 3 is 2.55 bits per heavy atom. The third-order valence-electron chi connectivity index (χ3n) is 4.42. The smallest absolute Gasteiger partial charge is 0.231 e. The van der Waals surface area contributed by atoms with E-state index in [-0.39, 0.29) is 11.7 Å². The summed E-state index contributed by atoms with van der Waals surface area (Å²) in [6, 6.07) is 5.36. The molecule has 0 bridgehead atoms. The maximum Gasteiger partial charge on any atom is 0.231 e. The number of anilines is 1. The number of rotatable bonds is 3. The van der Waals surface area contributed by atoms with Gasteiger partial charge in [-0.05, 0) is 31.4 Å². The number of hydrogen-bond donors (Lipinski definition) is 3. The van der Waals surface area contributed by atoms with Gasteiger partial charge in [-0.25, -0.2) is 0 Å². The molecule has 1 aliphatic carbocycles. The first-order valence-electron chi connectivity index (χ1n) is 7.39. The highest BCUT2D eigenvalue weighted by atomic mass is 16.3. The summed E-state index contributed by atoms with van der Waals surface area (Å²) in [5, 5.41) is 12.9. The number of carbonyl (C=O) groups is 1. The molecule has 0 radical (unpaired) electrons. The maximum atomic E-state index is 12.6. The molecule has 0 atom stereocenters. The fraction of sp³-hybridized carbons (Fsp3) is 0.562. The second kappa shape index (κ2) is 6.27. The topological polar surface area (TPSA) is 75.4 Å². The molecule has 0 spiro atoms. The number of phenolic OH excluding ortho intramolecular Hbond substituents is 1. The molecule has 0 unspecified atom stereocenters. The van der Waals surface area contributed by atoms with Crippen LogP contribution < -0.4 is 11.1 Å². The normalized spacial score (nSPS) is 18.3. The molecule has 1 amide bonds. The SMILES string of the molecule is Cc1cccc(NC(=O)C2(CN)CCCCCC2)c1O. The molecule has 110 valence electrons. The molecule has 0 aliphatic heterocycles. The lowest BCUT2D eigenvalue weighted by molar-refractivity contribution is -0.125. The van der Waals surface area contributed by atoms with Crippen LogP contribution in [0.5, 0.6) is 5.75 Å². The van der Waals surface area contributed by atoms with Gasteiger partial charge in [-0.15, -0.1) is 0 Å². The van der Waals surface area contributed by atoms with Gasteiger partial charge >= 0.3 is 0 Å². The van der Waals surface area contributed by atoms with Crippen molar-refractivity contribution in [3.8, 4) is 5.75 Å². The zero-order valence-corrected chi connectivity index (χ0v) is 12.1. The molecule has 20 heavy (non-hydrogen) atoms. The predicted octanol–water partition coefficient (Wildman–Crippen LogP) is 2.94. The number of para-hydroxylation sites is 1. The highest BCUT2D eigenvalue weighted by Crippen LogP contribution is 2.36. The average molecular weight is 276 g/mol. The van der Waals surface area contributed by atoms with Crippen molar-refractivity contribution in [3.05, 3.63) is 23.8 Å². The molecule has 1 aliphatic rings. The summed E-state index contributed by atoms with van der Waals surface area (Å²) < 4.78 is 0. The van der Waals surface area contributed by atoms with Gasteiger partial charge in [0, 0.05) is 6.54 Å². The maximum absolute atomic E-state index is 12.6. The lowest BCUT2D eigenvalue weighted by Gasteiger charge is -2.30. The number of aromatic hydroxyl groups is 1. The molecule has 1 aromatic carbocycles. The molecule has 1 aromatic rings. The average Bonchev–Trinajstić information content (AvgIpc) is 2.70. The highest BCUT2D eigenvalue weighted by molar-refractivity contribution is 5.96. The van der Waals surface area contributed by atoms with E-state index in [4.69, 9.17) is 5.73 Å². The van der Waals surface area contributed by atoms with E-state index in [1.165, 1.54) is 12.8 Å². The van der Waals surface area contributed by atoms with E-state index < -0.39 is 5.41 Å². The standard InChI is InChI=1S/C16H24N2O2/c1-12-7-6-8-13(14(12)19)18-15(20)16(11-17)9-4-2-3-5-10-16/h6-8,19H,2-5,9-11,17H2,1H3,(H,18,20). The van der Waals surface area contributed by atoms with E-state index >= 15 is 0 Å². The van der Waals surface area contributed by atoms with Crippen LogP contribution in [0.25, 0.3) is 0 Å². The first-order valence-corrected chi connectivity index (χ1v) is 7.39. The minimum atomic E-state index is -0.479. The van der Waals surface area contributed by atoms with E-state index in [9.17, 15) is 9.90 Å². The number of nitrogens with two attached hydrogens (primary N) is 1. The Morgan fingerprint density at radius 2 is 1.95 bits per heavy atom. The van der Waals surface area contributed by atoms with Gasteiger partial charge in [0.1, 0.15) is 5.75 Å². The molecule has 0 aromatic heterocycles. The monoisotopic (exact) mass is 276 g/mol. The van der Waals surface area contributed by atoms with Crippen LogP contribution in [0.4, 0.5) is 5.69 Å². The van der Waals surface area contributed by atoms with Crippen molar-refractivity contribution >= 4 is 11.6 Å². The van der Waals surface area contributed by atoms with E-state index in [0.717, 1.165) is 31.2 Å². The lowest BCUT2D eigenvalue weighted by Crippen LogP contribution is -2.42. The highest BCUT2D eigenvalue weighted by Gasteiger charge is 2.37. The molecule has 1 fully saturated rings. The Labute approximate surface area is 120 Å². The van der Waals surface area contributed by atoms with Gasteiger partial charge in [-0.3, -0.25) is 4.79 Å². The van der Waals surface area contributed by atoms with E-state index in [1.807, 2.05) is 19.1 Å². The number of benzene rings is 1. The molecule has 1 saturated carbocycles. The number of nitrogens with one attached hydrogen (secondary N) is 1. The second-order valence-corrected chi connectivity index (χ2v) is 5.82. The number of carbonyl (C=O) groups excluding carboxylic acids is 1. The molecule has 4 N–H and O–H groups in total. The minimum absolute atomic E-state index is 0.0530. The van der Waals surface area contributed by atoms with E-state index in [1.54, 1.807) is 6.07 Å². The fourth-order valence-electron chi connectivity index (χ4n) is 2.94. The van der Waals surface area contributed by atoms with Crippen molar-refractivity contribution in [1.82, 2.24) is 0 Å². The van der Waals surface area contributed by atoms with Crippen LogP contribution in [0.2, 0.25) is 0 Å². The third kappa shape index (κ3) is 2.96. The van der Waals surface area contributed by atoms with Crippen LogP contribution in [0.1, 0.15) is 44.1 Å². The summed E-state index contributed by atoms with van der Waals surface area (Å²) in [4.78, 5) is 12.6. The predicted molar refractivity (Wildman–Crippen MR) is 80.7 cm³/mol. The van der Waals surface area contributed by atoms with E-state index in [0.29, 0.717) is 12.2 Å². The first-order chi connectivity index (χ1) is 9.59. The summed E-state index contributed by atoms with van der Waals surface area (Å²) in [6.07, 6.45) is 6.11. The summed E-state index contributed by atoms with van der Waals surface area (Å²) in [5.41, 5.74) is 6.66. The molecule has 2 rings (SSSR count). The third-order valence-corrected chi connectivity index (χ3v) is 4.42. The molecular weight excluding hydrogens is 252 g/mol. The van der Waals surface area contributed by atoms with Gasteiger partial charge in [-0.2, -0.15) is 0 Å². The van der Waals surface area contributed by atoms with Crippen LogP contribution in [0, 0.1) is 12.3 Å². The minimum Gasteiger partial charge on any atom is -0.505 e. The largest absolute Gasteiger partial charge is 0.505 e.